The maximum atomic E-state index is 13.2. The molecular weight excluding hydrogens is 393 g/mol. The number of aryl methyl sites for hydroxylation is 1. The summed E-state index contributed by atoms with van der Waals surface area (Å²) in [5, 5.41) is 6.45. The fourth-order valence-electron chi connectivity index (χ4n) is 4.32. The van der Waals surface area contributed by atoms with E-state index in [-0.39, 0.29) is 11.4 Å². The molecule has 0 saturated carbocycles. The van der Waals surface area contributed by atoms with Crippen LogP contribution in [0, 0.1) is 0 Å². The number of nitrogens with two attached hydrogens (primary N) is 1. The molecule has 4 rings (SSSR count). The van der Waals surface area contributed by atoms with E-state index in [1.54, 1.807) is 0 Å². The van der Waals surface area contributed by atoms with Gasteiger partial charge in [-0.05, 0) is 56.8 Å². The Morgan fingerprint density at radius 3 is 2.73 bits per heavy atom. The van der Waals surface area contributed by atoms with E-state index in [4.69, 9.17) is 10.7 Å². The van der Waals surface area contributed by atoms with Crippen LogP contribution in [0.5, 0.6) is 0 Å². The number of fused-ring (bicyclic) bond motifs is 1. The van der Waals surface area contributed by atoms with Gasteiger partial charge < -0.3 is 21.3 Å². The van der Waals surface area contributed by atoms with Crippen molar-refractivity contribution in [2.45, 2.75) is 51.2 Å². The smallest absolute Gasteiger partial charge is 0.399 e. The van der Waals surface area contributed by atoms with E-state index < -0.39 is 11.7 Å². The number of rotatable bonds is 5. The number of likely N-dealkylation sites (N-methyl/N-ethyl adjacent to an activating group) is 1. The Bertz CT molecular complexity index is 914. The molecule has 0 spiro atoms. The predicted octanol–water partition coefficient (Wildman–Crippen LogP) is 3.89. The van der Waals surface area contributed by atoms with Gasteiger partial charge >= 0.3 is 6.18 Å². The van der Waals surface area contributed by atoms with Crippen molar-refractivity contribution in [3.63, 3.8) is 0 Å². The van der Waals surface area contributed by atoms with Crippen LogP contribution in [0.2, 0.25) is 0 Å². The molecule has 1 aliphatic carbocycles. The number of aromatic nitrogens is 2. The minimum Gasteiger partial charge on any atom is -0.399 e. The van der Waals surface area contributed by atoms with Crippen molar-refractivity contribution in [2.75, 3.05) is 35.6 Å². The fraction of sp³-hybridized carbons (Fsp3) is 0.524. The van der Waals surface area contributed by atoms with Crippen LogP contribution in [-0.4, -0.2) is 35.6 Å². The van der Waals surface area contributed by atoms with Crippen molar-refractivity contribution in [1.82, 2.24) is 15.3 Å². The first-order chi connectivity index (χ1) is 14.3. The molecule has 30 heavy (non-hydrogen) atoms. The van der Waals surface area contributed by atoms with Gasteiger partial charge in [-0.2, -0.15) is 18.2 Å². The van der Waals surface area contributed by atoms with Gasteiger partial charge in [-0.15, -0.1) is 0 Å². The molecule has 162 valence electrons. The van der Waals surface area contributed by atoms with Gasteiger partial charge in [0.1, 0.15) is 5.82 Å². The molecule has 4 N–H and O–H groups in total. The summed E-state index contributed by atoms with van der Waals surface area (Å²) in [6, 6.07) is 3.85. The first-order valence-corrected chi connectivity index (χ1v) is 10.5. The topological polar surface area (TPSA) is 79.1 Å². The fourth-order valence-corrected chi connectivity index (χ4v) is 4.32. The normalized spacial score (nSPS) is 19.1. The predicted molar refractivity (Wildman–Crippen MR) is 112 cm³/mol. The number of hydrogen-bond acceptors (Lipinski definition) is 6. The van der Waals surface area contributed by atoms with Crippen LogP contribution >= 0.6 is 0 Å². The summed E-state index contributed by atoms with van der Waals surface area (Å²) in [7, 11) is 0. The lowest BCUT2D eigenvalue weighted by Crippen LogP contribution is -2.33. The Hall–Kier alpha value is -2.55. The summed E-state index contributed by atoms with van der Waals surface area (Å²) in [6.07, 6.45) is 0.521. The first kappa shape index (κ1) is 20.7. The van der Waals surface area contributed by atoms with Crippen molar-refractivity contribution in [2.24, 2.45) is 0 Å². The number of benzene rings is 1. The van der Waals surface area contributed by atoms with Crippen LogP contribution in [-0.2, 0) is 19.0 Å². The lowest BCUT2D eigenvalue weighted by molar-refractivity contribution is -0.137. The summed E-state index contributed by atoms with van der Waals surface area (Å²) < 4.78 is 39.5. The van der Waals surface area contributed by atoms with E-state index in [0.717, 1.165) is 75.4 Å². The van der Waals surface area contributed by atoms with Gasteiger partial charge in [-0.25, -0.2) is 4.98 Å². The molecule has 9 heteroatoms. The summed E-state index contributed by atoms with van der Waals surface area (Å²) in [5.74, 6) is 1.22. The Labute approximate surface area is 174 Å². The summed E-state index contributed by atoms with van der Waals surface area (Å²) in [6.45, 7) is 4.78. The average molecular weight is 420 g/mol. The third-order valence-electron chi connectivity index (χ3n) is 5.68. The quantitative estimate of drug-likeness (QED) is 0.637. The van der Waals surface area contributed by atoms with Crippen LogP contribution in [0.15, 0.2) is 18.2 Å². The van der Waals surface area contributed by atoms with Gasteiger partial charge in [0.15, 0.2) is 0 Å². The Morgan fingerprint density at radius 2 is 1.97 bits per heavy atom. The third-order valence-corrected chi connectivity index (χ3v) is 5.68. The van der Waals surface area contributed by atoms with Crippen LogP contribution in [0.1, 0.15) is 43.0 Å². The Kier molecular flexibility index (Phi) is 5.73. The van der Waals surface area contributed by atoms with E-state index in [0.29, 0.717) is 12.0 Å². The molecule has 1 atom stereocenters. The number of hydrogen-bond donors (Lipinski definition) is 3. The van der Waals surface area contributed by atoms with Crippen LogP contribution in [0.25, 0.3) is 0 Å². The highest BCUT2D eigenvalue weighted by molar-refractivity contribution is 5.64. The zero-order chi connectivity index (χ0) is 21.3. The molecule has 1 unspecified atom stereocenters. The molecule has 2 aliphatic rings. The monoisotopic (exact) mass is 420 g/mol. The van der Waals surface area contributed by atoms with Crippen LogP contribution < -0.4 is 21.3 Å². The number of nitrogens with one attached hydrogen (secondary N) is 2. The van der Waals surface area contributed by atoms with Gasteiger partial charge in [0.05, 0.1) is 11.3 Å². The molecule has 6 nitrogen and oxygen atoms in total. The largest absolute Gasteiger partial charge is 0.416 e. The minimum absolute atomic E-state index is 0.0403. The lowest BCUT2D eigenvalue weighted by atomic mass is 9.96. The van der Waals surface area contributed by atoms with E-state index in [9.17, 15) is 13.2 Å². The highest BCUT2D eigenvalue weighted by Gasteiger charge is 2.31. The molecule has 1 fully saturated rings. The lowest BCUT2D eigenvalue weighted by Gasteiger charge is -2.26. The molecule has 1 aliphatic heterocycles. The van der Waals surface area contributed by atoms with Crippen molar-refractivity contribution >= 4 is 23.1 Å². The van der Waals surface area contributed by atoms with E-state index in [1.165, 1.54) is 11.6 Å². The van der Waals surface area contributed by atoms with Crippen molar-refractivity contribution in [3.05, 3.63) is 35.0 Å². The summed E-state index contributed by atoms with van der Waals surface area (Å²) >= 11 is 0. The third kappa shape index (κ3) is 4.45. The van der Waals surface area contributed by atoms with Gasteiger partial charge in [0.2, 0.25) is 5.95 Å². The number of halogens is 3. The zero-order valence-electron chi connectivity index (χ0n) is 17.0. The second-order valence-corrected chi connectivity index (χ2v) is 7.96. The molecule has 1 saturated heterocycles. The molecule has 0 bridgehead atoms. The molecule has 1 aromatic heterocycles. The van der Waals surface area contributed by atoms with Crippen molar-refractivity contribution < 1.29 is 13.2 Å². The van der Waals surface area contributed by atoms with Gasteiger partial charge in [-0.3, -0.25) is 0 Å². The number of anilines is 4. The minimum atomic E-state index is -4.47. The van der Waals surface area contributed by atoms with Crippen molar-refractivity contribution in [1.29, 1.82) is 0 Å². The van der Waals surface area contributed by atoms with Gasteiger partial charge in [-0.1, -0.05) is 6.92 Å². The van der Waals surface area contributed by atoms with Gasteiger partial charge in [0, 0.05) is 36.1 Å². The maximum Gasteiger partial charge on any atom is 0.416 e. The summed E-state index contributed by atoms with van der Waals surface area (Å²) in [4.78, 5) is 11.6. The molecular formula is C21H27F3N6. The molecule has 0 amide bonds. The first-order valence-electron chi connectivity index (χ1n) is 10.5. The highest BCUT2D eigenvalue weighted by Crippen LogP contribution is 2.35. The second kappa shape index (κ2) is 8.29. The highest BCUT2D eigenvalue weighted by atomic mass is 19.4. The van der Waals surface area contributed by atoms with Crippen LogP contribution in [0.3, 0.4) is 0 Å². The van der Waals surface area contributed by atoms with Crippen LogP contribution in [0.4, 0.5) is 36.3 Å². The summed E-state index contributed by atoms with van der Waals surface area (Å²) in [5.41, 5.74) is 7.34. The Balaban J connectivity index is 1.66. The number of nitrogens with zero attached hydrogens (tertiary/aromatic N) is 3. The maximum absolute atomic E-state index is 13.2. The van der Waals surface area contributed by atoms with E-state index in [2.05, 4.69) is 27.4 Å². The number of alkyl halides is 3. The second-order valence-electron chi connectivity index (χ2n) is 7.96. The molecule has 2 aromatic rings. The van der Waals surface area contributed by atoms with E-state index in [1.807, 2.05) is 0 Å². The molecule has 1 aromatic carbocycles. The zero-order valence-corrected chi connectivity index (χ0v) is 17.0. The molecule has 2 heterocycles. The molecule has 0 radical (unpaired) electrons. The Morgan fingerprint density at radius 1 is 1.17 bits per heavy atom. The van der Waals surface area contributed by atoms with Gasteiger partial charge in [0.25, 0.3) is 0 Å². The average Bonchev–Trinajstić information content (AvgIpc) is 3.15. The van der Waals surface area contributed by atoms with E-state index >= 15 is 0 Å². The van der Waals surface area contributed by atoms with Crippen molar-refractivity contribution in [3.8, 4) is 0 Å². The SMILES string of the molecule is CCNC1CCN(c2nc(Nc3cc(N)cc(C(F)(F)F)c3)nc3c2CCCC3)C1. The number of nitrogen functional groups attached to an aromatic ring is 1. The standard InChI is InChI=1S/C21H27F3N6/c1-2-26-15-7-8-30(12-15)19-17-5-3-4-6-18(17)28-20(29-19)27-16-10-13(21(22,23)24)9-14(25)11-16/h9-11,15,26H,2-8,12,25H2,1H3,(H,27,28,29).